The Labute approximate surface area is 180 Å². The number of nitrogens with one attached hydrogen (secondary N) is 1. The molecule has 2 aliphatic rings. The van der Waals surface area contributed by atoms with Gasteiger partial charge in [-0.1, -0.05) is 12.1 Å². The van der Waals surface area contributed by atoms with E-state index in [9.17, 15) is 14.0 Å². The van der Waals surface area contributed by atoms with Gasteiger partial charge in [0.05, 0.1) is 11.0 Å². The molecule has 0 atom stereocenters. The number of rotatable bonds is 6. The third kappa shape index (κ3) is 4.21. The van der Waals surface area contributed by atoms with Gasteiger partial charge < -0.3 is 10.2 Å². The van der Waals surface area contributed by atoms with Crippen LogP contribution >= 0.6 is 11.8 Å². The van der Waals surface area contributed by atoms with Gasteiger partial charge in [-0.05, 0) is 67.7 Å². The van der Waals surface area contributed by atoms with Crippen molar-refractivity contribution in [2.75, 3.05) is 25.9 Å². The lowest BCUT2D eigenvalue weighted by atomic mass is 9.93. The van der Waals surface area contributed by atoms with Crippen LogP contribution in [0.25, 0.3) is 0 Å². The van der Waals surface area contributed by atoms with Crippen LogP contribution < -0.4 is 5.32 Å². The number of carbonyl (C=O) groups is 2. The van der Waals surface area contributed by atoms with E-state index < -0.39 is 5.41 Å². The fraction of sp³-hybridized carbons (Fsp3) is 0.435. The maximum absolute atomic E-state index is 13.2. The second-order valence-corrected chi connectivity index (χ2v) is 8.89. The molecule has 1 saturated carbocycles. The first-order valence-corrected chi connectivity index (χ1v) is 11.6. The molecule has 1 aromatic heterocycles. The highest BCUT2D eigenvalue weighted by Gasteiger charge is 2.51. The highest BCUT2D eigenvalue weighted by Crippen LogP contribution is 2.48. The molecule has 158 valence electrons. The number of hydrogen-bond acceptors (Lipinski definition) is 4. The predicted octanol–water partition coefficient (Wildman–Crippen LogP) is 3.64. The highest BCUT2D eigenvalue weighted by molar-refractivity contribution is 7.98. The molecule has 1 aromatic carbocycles. The maximum Gasteiger partial charge on any atom is 0.256 e. The Kier molecular flexibility index (Phi) is 6.09. The zero-order valence-electron chi connectivity index (χ0n) is 17.1. The monoisotopic (exact) mass is 427 g/mol. The Balaban J connectivity index is 1.29. The number of aromatic nitrogens is 1. The molecule has 1 aliphatic carbocycles. The summed E-state index contributed by atoms with van der Waals surface area (Å²) in [6.07, 6.45) is 6.97. The van der Waals surface area contributed by atoms with Gasteiger partial charge in [0.15, 0.2) is 0 Å². The van der Waals surface area contributed by atoms with E-state index >= 15 is 0 Å². The Morgan fingerprint density at radius 1 is 1.20 bits per heavy atom. The topological polar surface area (TPSA) is 62.3 Å². The molecule has 1 aliphatic heterocycles. The van der Waals surface area contributed by atoms with Crippen molar-refractivity contribution < 1.29 is 14.0 Å². The quantitative estimate of drug-likeness (QED) is 0.715. The van der Waals surface area contributed by atoms with E-state index in [2.05, 4.69) is 10.3 Å². The minimum atomic E-state index is -0.487. The maximum atomic E-state index is 13.2. The number of pyridine rings is 1. The van der Waals surface area contributed by atoms with Crippen molar-refractivity contribution >= 4 is 23.6 Å². The van der Waals surface area contributed by atoms with Gasteiger partial charge in [-0.15, -0.1) is 11.8 Å². The molecule has 4 rings (SSSR count). The van der Waals surface area contributed by atoms with Gasteiger partial charge in [0.25, 0.3) is 5.91 Å². The van der Waals surface area contributed by atoms with E-state index in [0.29, 0.717) is 31.1 Å². The summed E-state index contributed by atoms with van der Waals surface area (Å²) in [6, 6.07) is 9.89. The van der Waals surface area contributed by atoms with Gasteiger partial charge in [0.2, 0.25) is 5.91 Å². The van der Waals surface area contributed by atoms with E-state index in [4.69, 9.17) is 0 Å². The van der Waals surface area contributed by atoms with Crippen LogP contribution in [0.2, 0.25) is 0 Å². The van der Waals surface area contributed by atoms with Crippen molar-refractivity contribution in [3.05, 3.63) is 59.5 Å². The molecule has 0 radical (unpaired) electrons. The lowest BCUT2D eigenvalue weighted by Crippen LogP contribution is -2.43. The summed E-state index contributed by atoms with van der Waals surface area (Å²) in [6.45, 7) is 1.99. The molecule has 2 heterocycles. The summed E-state index contributed by atoms with van der Waals surface area (Å²) in [5.41, 5.74) is 1.06. The summed E-state index contributed by atoms with van der Waals surface area (Å²) < 4.78 is 13.2. The van der Waals surface area contributed by atoms with Gasteiger partial charge in [0, 0.05) is 25.8 Å². The number of carbonyl (C=O) groups excluding carboxylic acids is 2. The first kappa shape index (κ1) is 20.8. The van der Waals surface area contributed by atoms with Gasteiger partial charge >= 0.3 is 0 Å². The second-order valence-electron chi connectivity index (χ2n) is 8.09. The molecule has 0 unspecified atom stereocenters. The molecule has 5 nitrogen and oxygen atoms in total. The third-order valence-corrected chi connectivity index (χ3v) is 6.94. The lowest BCUT2D eigenvalue weighted by molar-refractivity contribution is -0.123. The van der Waals surface area contributed by atoms with Crippen LogP contribution in [0.1, 0.15) is 41.6 Å². The average molecular weight is 428 g/mol. The van der Waals surface area contributed by atoms with Gasteiger partial charge in [0.1, 0.15) is 10.8 Å². The van der Waals surface area contributed by atoms with Gasteiger partial charge in [-0.2, -0.15) is 0 Å². The predicted molar refractivity (Wildman–Crippen MR) is 115 cm³/mol. The number of halogens is 1. The Hall–Kier alpha value is -2.41. The van der Waals surface area contributed by atoms with Crippen LogP contribution in [0.5, 0.6) is 0 Å². The summed E-state index contributed by atoms with van der Waals surface area (Å²) in [5.74, 6) is 0.138. The average Bonchev–Trinajstić information content (AvgIpc) is 3.60. The van der Waals surface area contributed by atoms with Crippen molar-refractivity contribution in [2.45, 2.75) is 36.1 Å². The molecular weight excluding hydrogens is 401 g/mol. The van der Waals surface area contributed by atoms with E-state index in [-0.39, 0.29) is 17.6 Å². The van der Waals surface area contributed by atoms with Crippen LogP contribution in [0.3, 0.4) is 0 Å². The number of hydrogen-bond donors (Lipinski definition) is 1. The normalized spacial score (nSPS) is 18.1. The first-order chi connectivity index (χ1) is 14.5. The zero-order valence-corrected chi connectivity index (χ0v) is 17.9. The standard InChI is InChI=1S/C23H26FN3O2S/c1-30-20-19(3-2-12-25-20)21(28)27-13-8-16(9-14-27)15-26-22(29)23(10-11-23)17-4-6-18(24)7-5-17/h2-7,12,16H,8-11,13-15H2,1H3,(H,26,29). The van der Waals surface area contributed by atoms with E-state index in [0.717, 1.165) is 36.3 Å². The van der Waals surface area contributed by atoms with Gasteiger partial charge in [-0.3, -0.25) is 9.59 Å². The lowest BCUT2D eigenvalue weighted by Gasteiger charge is -2.32. The van der Waals surface area contributed by atoms with E-state index in [1.165, 1.54) is 23.9 Å². The van der Waals surface area contributed by atoms with Crippen molar-refractivity contribution in [3.63, 3.8) is 0 Å². The molecule has 0 bridgehead atoms. The number of piperidine rings is 1. The number of nitrogens with zero attached hydrogens (tertiary/aromatic N) is 2. The summed E-state index contributed by atoms with van der Waals surface area (Å²) >= 11 is 1.48. The van der Waals surface area contributed by atoms with Crippen LogP contribution in [-0.4, -0.2) is 47.6 Å². The molecule has 2 amide bonds. The Bertz CT molecular complexity index is 922. The fourth-order valence-electron chi connectivity index (χ4n) is 4.17. The van der Waals surface area contributed by atoms with Crippen LogP contribution in [-0.2, 0) is 10.2 Å². The minimum Gasteiger partial charge on any atom is -0.355 e. The van der Waals surface area contributed by atoms with Crippen molar-refractivity contribution in [1.29, 1.82) is 0 Å². The number of benzene rings is 1. The minimum absolute atomic E-state index is 0.0307. The Morgan fingerprint density at radius 3 is 2.53 bits per heavy atom. The Morgan fingerprint density at radius 2 is 1.90 bits per heavy atom. The summed E-state index contributed by atoms with van der Waals surface area (Å²) in [5, 5.41) is 3.87. The summed E-state index contributed by atoms with van der Waals surface area (Å²) in [4.78, 5) is 31.8. The van der Waals surface area contributed by atoms with Crippen LogP contribution in [0.15, 0.2) is 47.6 Å². The molecule has 30 heavy (non-hydrogen) atoms. The van der Waals surface area contributed by atoms with Crippen LogP contribution in [0.4, 0.5) is 4.39 Å². The zero-order chi connectivity index (χ0) is 21.1. The molecule has 2 aromatic rings. The molecule has 0 spiro atoms. The number of amides is 2. The largest absolute Gasteiger partial charge is 0.355 e. The van der Waals surface area contributed by atoms with Crippen molar-refractivity contribution in [3.8, 4) is 0 Å². The van der Waals surface area contributed by atoms with Crippen LogP contribution in [0, 0.1) is 11.7 Å². The number of likely N-dealkylation sites (tertiary alicyclic amines) is 1. The highest BCUT2D eigenvalue weighted by atomic mass is 32.2. The second kappa shape index (κ2) is 8.76. The molecule has 7 heteroatoms. The summed E-state index contributed by atoms with van der Waals surface area (Å²) in [7, 11) is 0. The van der Waals surface area contributed by atoms with E-state index in [1.54, 1.807) is 24.4 Å². The number of thioether (sulfide) groups is 1. The first-order valence-electron chi connectivity index (χ1n) is 10.4. The van der Waals surface area contributed by atoms with Gasteiger partial charge in [-0.25, -0.2) is 9.37 Å². The van der Waals surface area contributed by atoms with Crippen molar-refractivity contribution in [2.24, 2.45) is 5.92 Å². The molecular formula is C23H26FN3O2S. The molecule has 1 N–H and O–H groups in total. The molecule has 2 fully saturated rings. The molecule has 1 saturated heterocycles. The smallest absolute Gasteiger partial charge is 0.256 e. The van der Waals surface area contributed by atoms with E-state index in [1.807, 2.05) is 17.2 Å². The fourth-order valence-corrected chi connectivity index (χ4v) is 4.72. The third-order valence-electron chi connectivity index (χ3n) is 6.23. The van der Waals surface area contributed by atoms with Crippen molar-refractivity contribution in [1.82, 2.24) is 15.2 Å². The SMILES string of the molecule is CSc1ncccc1C(=O)N1CCC(CNC(=O)C2(c3ccc(F)cc3)CC2)CC1.